The summed E-state index contributed by atoms with van der Waals surface area (Å²) in [5, 5.41) is 13.7. The minimum absolute atomic E-state index is 0.184. The Hall–Kier alpha value is -4.41. The van der Waals surface area contributed by atoms with Crippen LogP contribution in [0.5, 0.6) is 5.75 Å². The van der Waals surface area contributed by atoms with Gasteiger partial charge in [0.25, 0.3) is 5.56 Å². The lowest BCUT2D eigenvalue weighted by Crippen LogP contribution is -2.35. The molecule has 0 saturated heterocycles. The summed E-state index contributed by atoms with van der Waals surface area (Å²) in [7, 11) is 3.29. The minimum Gasteiger partial charge on any atom is -0.497 e. The van der Waals surface area contributed by atoms with E-state index in [2.05, 4.69) is 49.4 Å². The predicted molar refractivity (Wildman–Crippen MR) is 152 cm³/mol. The van der Waals surface area contributed by atoms with Gasteiger partial charge in [0.2, 0.25) is 0 Å². The van der Waals surface area contributed by atoms with Gasteiger partial charge in [0.15, 0.2) is 5.82 Å². The first-order chi connectivity index (χ1) is 19.5. The van der Waals surface area contributed by atoms with Crippen LogP contribution in [0.4, 0.5) is 0 Å². The highest BCUT2D eigenvalue weighted by Gasteiger charge is 2.31. The third-order valence-corrected chi connectivity index (χ3v) is 6.95. The third-order valence-electron chi connectivity index (χ3n) is 6.95. The van der Waals surface area contributed by atoms with Gasteiger partial charge in [-0.3, -0.25) is 14.7 Å². The molecule has 3 heterocycles. The molecule has 0 amide bonds. The SMILES string of the molecule is COCCn1nnnc1[C@H](c1cc2cc(C)cc(C)c2[nH]c1=O)N(Cc1ccc(OC)cc1)Cc1cccnc1. The fourth-order valence-electron chi connectivity index (χ4n) is 5.08. The van der Waals surface area contributed by atoms with Crippen molar-refractivity contribution in [3.63, 3.8) is 0 Å². The van der Waals surface area contributed by atoms with Crippen molar-refractivity contribution < 1.29 is 9.47 Å². The van der Waals surface area contributed by atoms with Crippen LogP contribution in [0, 0.1) is 13.8 Å². The van der Waals surface area contributed by atoms with Crippen molar-refractivity contribution >= 4 is 10.9 Å². The number of H-pyrrole nitrogens is 1. The van der Waals surface area contributed by atoms with Gasteiger partial charge in [-0.25, -0.2) is 4.68 Å². The molecule has 0 radical (unpaired) electrons. The molecular formula is C30H33N7O3. The molecule has 0 saturated carbocycles. The number of tetrazole rings is 1. The first-order valence-electron chi connectivity index (χ1n) is 13.1. The highest BCUT2D eigenvalue weighted by atomic mass is 16.5. The number of hydrogen-bond acceptors (Lipinski definition) is 8. The maximum absolute atomic E-state index is 13.8. The van der Waals surface area contributed by atoms with E-state index in [0.29, 0.717) is 37.6 Å². The van der Waals surface area contributed by atoms with Gasteiger partial charge in [0.1, 0.15) is 11.8 Å². The number of aryl methyl sites for hydroxylation is 2. The van der Waals surface area contributed by atoms with Crippen molar-refractivity contribution in [3.8, 4) is 5.75 Å². The van der Waals surface area contributed by atoms with E-state index in [4.69, 9.17) is 9.47 Å². The van der Waals surface area contributed by atoms with Crippen molar-refractivity contribution in [2.24, 2.45) is 0 Å². The molecule has 0 unspecified atom stereocenters. The monoisotopic (exact) mass is 539 g/mol. The first kappa shape index (κ1) is 27.2. The van der Waals surface area contributed by atoms with Crippen LogP contribution in [0.15, 0.2) is 71.8 Å². The fraction of sp³-hybridized carbons (Fsp3) is 0.300. The maximum atomic E-state index is 13.8. The number of fused-ring (bicyclic) bond motifs is 1. The van der Waals surface area contributed by atoms with Crippen LogP contribution in [-0.2, 0) is 24.4 Å². The van der Waals surface area contributed by atoms with Gasteiger partial charge in [-0.2, -0.15) is 0 Å². The van der Waals surface area contributed by atoms with Gasteiger partial charge in [-0.15, -0.1) is 5.10 Å². The van der Waals surface area contributed by atoms with Crippen LogP contribution in [0.1, 0.15) is 39.7 Å². The summed E-state index contributed by atoms with van der Waals surface area (Å²) >= 11 is 0. The van der Waals surface area contributed by atoms with Crippen molar-refractivity contribution in [3.05, 3.63) is 111 Å². The summed E-state index contributed by atoms with van der Waals surface area (Å²) in [5.41, 5.74) is 5.39. The van der Waals surface area contributed by atoms with Crippen LogP contribution in [0.3, 0.4) is 0 Å². The number of methoxy groups -OCH3 is 2. The Labute approximate surface area is 232 Å². The van der Waals surface area contributed by atoms with Crippen LogP contribution < -0.4 is 10.3 Å². The summed E-state index contributed by atoms with van der Waals surface area (Å²) in [4.78, 5) is 23.5. The smallest absolute Gasteiger partial charge is 0.253 e. The van der Waals surface area contributed by atoms with Crippen LogP contribution in [0.2, 0.25) is 0 Å². The Kier molecular flexibility index (Phi) is 8.28. The lowest BCUT2D eigenvalue weighted by Gasteiger charge is -2.31. The molecule has 5 aromatic rings. The second kappa shape index (κ2) is 12.2. The van der Waals surface area contributed by atoms with E-state index in [9.17, 15) is 4.79 Å². The number of aromatic nitrogens is 6. The Bertz CT molecular complexity index is 1630. The molecule has 0 fully saturated rings. The molecular weight excluding hydrogens is 506 g/mol. The molecule has 2 aromatic carbocycles. The Morgan fingerprint density at radius 3 is 2.55 bits per heavy atom. The molecule has 0 spiro atoms. The largest absolute Gasteiger partial charge is 0.497 e. The fourth-order valence-corrected chi connectivity index (χ4v) is 5.08. The lowest BCUT2D eigenvalue weighted by molar-refractivity contribution is 0.169. The van der Waals surface area contributed by atoms with Gasteiger partial charge >= 0.3 is 0 Å². The summed E-state index contributed by atoms with van der Waals surface area (Å²) in [6.07, 6.45) is 3.59. The zero-order chi connectivity index (χ0) is 28.1. The van der Waals surface area contributed by atoms with E-state index in [1.54, 1.807) is 25.1 Å². The normalized spacial score (nSPS) is 12.2. The summed E-state index contributed by atoms with van der Waals surface area (Å²) < 4.78 is 12.4. The molecule has 206 valence electrons. The zero-order valence-electron chi connectivity index (χ0n) is 23.2. The molecule has 0 bridgehead atoms. The molecule has 5 rings (SSSR count). The molecule has 40 heavy (non-hydrogen) atoms. The van der Waals surface area contributed by atoms with Gasteiger partial charge in [-0.05, 0) is 76.7 Å². The minimum atomic E-state index is -0.567. The number of ether oxygens (including phenoxy) is 2. The van der Waals surface area contributed by atoms with Gasteiger partial charge in [0, 0.05) is 38.2 Å². The van der Waals surface area contributed by atoms with E-state index in [1.807, 2.05) is 55.6 Å². The second-order valence-electron chi connectivity index (χ2n) is 9.87. The van der Waals surface area contributed by atoms with E-state index in [1.165, 1.54) is 0 Å². The highest BCUT2D eigenvalue weighted by Crippen LogP contribution is 2.31. The predicted octanol–water partition coefficient (Wildman–Crippen LogP) is 3.97. The van der Waals surface area contributed by atoms with Crippen molar-refractivity contribution in [1.29, 1.82) is 0 Å². The standard InChI is InChI=1S/C30H33N7O3/c1-20-14-21(2)27-24(15-20)16-26(30(38)32-27)28(29-33-34-35-37(29)12-13-39-3)36(19-23-6-5-11-31-17-23)18-22-7-9-25(40-4)10-8-22/h5-11,14-17,28H,12-13,18-19H2,1-4H3,(H,32,38)/t28-/m0/s1. The first-order valence-corrected chi connectivity index (χ1v) is 13.1. The van der Waals surface area contributed by atoms with Gasteiger partial charge in [0.05, 0.1) is 25.8 Å². The number of nitrogens with one attached hydrogen (secondary N) is 1. The zero-order valence-corrected chi connectivity index (χ0v) is 23.2. The topological polar surface area (TPSA) is 111 Å². The average molecular weight is 540 g/mol. The number of aromatic amines is 1. The van der Waals surface area contributed by atoms with E-state index >= 15 is 0 Å². The Morgan fingerprint density at radius 2 is 1.82 bits per heavy atom. The third kappa shape index (κ3) is 5.93. The van der Waals surface area contributed by atoms with Crippen LogP contribution >= 0.6 is 0 Å². The molecule has 0 aliphatic rings. The van der Waals surface area contributed by atoms with Crippen LogP contribution in [0.25, 0.3) is 10.9 Å². The Balaban J connectivity index is 1.69. The quantitative estimate of drug-likeness (QED) is 0.268. The number of benzene rings is 2. The van der Waals surface area contributed by atoms with Gasteiger partial charge < -0.3 is 14.5 Å². The average Bonchev–Trinajstić information content (AvgIpc) is 3.41. The van der Waals surface area contributed by atoms with Crippen molar-refractivity contribution in [2.45, 2.75) is 39.5 Å². The summed E-state index contributed by atoms with van der Waals surface area (Å²) in [6.45, 7) is 5.96. The van der Waals surface area contributed by atoms with E-state index < -0.39 is 6.04 Å². The second-order valence-corrected chi connectivity index (χ2v) is 9.87. The van der Waals surface area contributed by atoms with Crippen LogP contribution in [-0.4, -0.2) is 55.9 Å². The molecule has 1 atom stereocenters. The van der Waals surface area contributed by atoms with E-state index in [-0.39, 0.29) is 5.56 Å². The Morgan fingerprint density at radius 1 is 1.02 bits per heavy atom. The van der Waals surface area contributed by atoms with Crippen molar-refractivity contribution in [2.75, 3.05) is 20.8 Å². The van der Waals surface area contributed by atoms with Crippen molar-refractivity contribution in [1.82, 2.24) is 35.1 Å². The molecule has 10 heteroatoms. The maximum Gasteiger partial charge on any atom is 0.253 e. The molecule has 10 nitrogen and oxygen atoms in total. The molecule has 1 N–H and O–H groups in total. The number of rotatable bonds is 11. The summed E-state index contributed by atoms with van der Waals surface area (Å²) in [6, 6.07) is 17.4. The van der Waals surface area contributed by atoms with Gasteiger partial charge in [-0.1, -0.05) is 29.8 Å². The molecule has 0 aliphatic carbocycles. The number of hydrogen-bond donors (Lipinski definition) is 1. The molecule has 0 aliphatic heterocycles. The number of nitrogens with zero attached hydrogens (tertiary/aromatic N) is 6. The lowest BCUT2D eigenvalue weighted by atomic mass is 9.99. The van der Waals surface area contributed by atoms with E-state index in [0.717, 1.165) is 38.9 Å². The molecule has 3 aromatic heterocycles. The summed E-state index contributed by atoms with van der Waals surface area (Å²) in [5.74, 6) is 1.34. The highest BCUT2D eigenvalue weighted by molar-refractivity contribution is 5.83. The number of pyridine rings is 2.